The van der Waals surface area contributed by atoms with Gasteiger partial charge in [0.25, 0.3) is 10.0 Å². The highest BCUT2D eigenvalue weighted by molar-refractivity contribution is 7.92. The smallest absolute Gasteiger partial charge is 0.267 e. The van der Waals surface area contributed by atoms with E-state index in [0.29, 0.717) is 11.1 Å². The molecule has 19 heavy (non-hydrogen) atoms. The fourth-order valence-corrected chi connectivity index (χ4v) is 2.86. The van der Waals surface area contributed by atoms with E-state index in [0.717, 1.165) is 11.7 Å². The quantitative estimate of drug-likeness (QED) is 0.559. The molecule has 8 nitrogen and oxygen atoms in total. The second kappa shape index (κ2) is 3.99. The van der Waals surface area contributed by atoms with Crippen molar-refractivity contribution >= 4 is 32.4 Å². The lowest BCUT2D eigenvalue weighted by atomic mass is 10.2. The first kappa shape index (κ1) is 11.5. The van der Waals surface area contributed by atoms with Gasteiger partial charge in [-0.05, 0) is 12.1 Å². The molecule has 0 amide bonds. The molecule has 2 aromatic heterocycles. The lowest BCUT2D eigenvalue weighted by molar-refractivity contribution is 0.601. The van der Waals surface area contributed by atoms with Crippen LogP contribution in [0.2, 0.25) is 0 Å². The first-order valence-electron chi connectivity index (χ1n) is 5.32. The number of hydrogen-bond donors (Lipinski definition) is 4. The summed E-state index contributed by atoms with van der Waals surface area (Å²) in [7, 11) is -3.78. The Labute approximate surface area is 108 Å². The average Bonchev–Trinajstić information content (AvgIpc) is 2.97. The zero-order chi connectivity index (χ0) is 13.5. The number of nitrogens with one attached hydrogen (secondary N) is 3. The predicted molar refractivity (Wildman–Crippen MR) is 69.9 cm³/mol. The monoisotopic (exact) mass is 278 g/mol. The van der Waals surface area contributed by atoms with Gasteiger partial charge in [0, 0.05) is 5.39 Å². The van der Waals surface area contributed by atoms with Crippen molar-refractivity contribution in [2.75, 3.05) is 10.5 Å². The summed E-state index contributed by atoms with van der Waals surface area (Å²) in [6.07, 6.45) is 2.71. The third kappa shape index (κ3) is 1.89. The molecule has 0 atom stereocenters. The van der Waals surface area contributed by atoms with Crippen LogP contribution in [-0.2, 0) is 10.0 Å². The minimum absolute atomic E-state index is 0.00753. The fraction of sp³-hybridized carbons (Fsp3) is 0. The van der Waals surface area contributed by atoms with Gasteiger partial charge in [-0.25, -0.2) is 8.42 Å². The first-order valence-corrected chi connectivity index (χ1v) is 6.80. The summed E-state index contributed by atoms with van der Waals surface area (Å²) in [5.74, 6) is -0.00753. The van der Waals surface area contributed by atoms with Crippen molar-refractivity contribution in [1.82, 2.24) is 20.4 Å². The number of H-pyrrole nitrogens is 2. The van der Waals surface area contributed by atoms with Gasteiger partial charge in [-0.1, -0.05) is 6.07 Å². The largest absolute Gasteiger partial charge is 0.383 e. The van der Waals surface area contributed by atoms with Crippen LogP contribution >= 0.6 is 0 Å². The normalized spacial score (nSPS) is 11.8. The predicted octanol–water partition coefficient (Wildman–Crippen LogP) is 0.669. The van der Waals surface area contributed by atoms with Crippen LogP contribution < -0.4 is 10.5 Å². The summed E-state index contributed by atoms with van der Waals surface area (Å²) in [6.45, 7) is 0. The molecular weight excluding hydrogens is 268 g/mol. The number of fused-ring (bicyclic) bond motifs is 1. The lowest BCUT2D eigenvalue weighted by Gasteiger charge is -2.07. The van der Waals surface area contributed by atoms with Crippen LogP contribution in [0.3, 0.4) is 0 Å². The third-order valence-electron chi connectivity index (χ3n) is 2.65. The highest BCUT2D eigenvalue weighted by atomic mass is 32.2. The highest BCUT2D eigenvalue weighted by Gasteiger charge is 2.20. The van der Waals surface area contributed by atoms with Gasteiger partial charge in [0.1, 0.15) is 10.7 Å². The van der Waals surface area contributed by atoms with Crippen molar-refractivity contribution < 1.29 is 8.42 Å². The Morgan fingerprint density at radius 3 is 2.68 bits per heavy atom. The number of sulfonamides is 1. The summed E-state index contributed by atoms with van der Waals surface area (Å²) < 4.78 is 26.8. The molecule has 0 aliphatic carbocycles. The number of nitrogens with two attached hydrogens (primary N) is 1. The minimum atomic E-state index is -3.78. The van der Waals surface area contributed by atoms with E-state index >= 15 is 0 Å². The van der Waals surface area contributed by atoms with Gasteiger partial charge < -0.3 is 5.73 Å². The van der Waals surface area contributed by atoms with Crippen LogP contribution in [0.4, 0.5) is 11.5 Å². The van der Waals surface area contributed by atoms with Crippen LogP contribution in [0, 0.1) is 0 Å². The number of aromatic nitrogens is 4. The van der Waals surface area contributed by atoms with Crippen molar-refractivity contribution in [2.24, 2.45) is 0 Å². The van der Waals surface area contributed by atoms with Crippen LogP contribution in [0.25, 0.3) is 10.9 Å². The summed E-state index contributed by atoms with van der Waals surface area (Å²) in [6, 6.07) is 5.16. The van der Waals surface area contributed by atoms with Gasteiger partial charge in [0.15, 0.2) is 0 Å². The van der Waals surface area contributed by atoms with Crippen molar-refractivity contribution in [1.29, 1.82) is 0 Å². The standard InChI is InChI=1S/C10H10N6O2S/c11-10-9(5-13-15-10)19(17,18)16-8-3-1-2-7-6(8)4-12-14-7/h1-5,16H,(H,12,14)(H3,11,13,15). The van der Waals surface area contributed by atoms with Gasteiger partial charge in [-0.3, -0.25) is 14.9 Å². The van der Waals surface area contributed by atoms with E-state index in [-0.39, 0.29) is 10.7 Å². The zero-order valence-corrected chi connectivity index (χ0v) is 10.4. The molecule has 9 heteroatoms. The van der Waals surface area contributed by atoms with E-state index in [1.165, 1.54) is 0 Å². The van der Waals surface area contributed by atoms with Crippen LogP contribution in [0.1, 0.15) is 0 Å². The van der Waals surface area contributed by atoms with Gasteiger partial charge in [0.05, 0.1) is 23.6 Å². The van der Waals surface area contributed by atoms with E-state index in [9.17, 15) is 8.42 Å². The molecule has 0 saturated carbocycles. The van der Waals surface area contributed by atoms with Crippen molar-refractivity contribution in [2.45, 2.75) is 4.90 Å². The molecule has 2 heterocycles. The first-order chi connectivity index (χ1) is 9.08. The average molecular weight is 278 g/mol. The maximum atomic E-state index is 12.2. The highest BCUT2D eigenvalue weighted by Crippen LogP contribution is 2.25. The van der Waals surface area contributed by atoms with Crippen molar-refractivity contribution in [3.05, 3.63) is 30.6 Å². The Kier molecular flexibility index (Phi) is 2.42. The Balaban J connectivity index is 2.06. The maximum Gasteiger partial charge on any atom is 0.267 e. The molecule has 0 aliphatic rings. The van der Waals surface area contributed by atoms with Gasteiger partial charge in [-0.15, -0.1) is 0 Å². The number of nitrogens with zero attached hydrogens (tertiary/aromatic N) is 2. The summed E-state index contributed by atoms with van der Waals surface area (Å²) >= 11 is 0. The number of nitrogen functional groups attached to an aromatic ring is 1. The second-order valence-corrected chi connectivity index (χ2v) is 5.54. The second-order valence-electron chi connectivity index (χ2n) is 3.89. The van der Waals surface area contributed by atoms with Crippen LogP contribution in [-0.4, -0.2) is 28.8 Å². The Morgan fingerprint density at radius 2 is 1.95 bits per heavy atom. The molecule has 0 unspecified atom stereocenters. The maximum absolute atomic E-state index is 12.2. The molecular formula is C10H10N6O2S. The number of anilines is 2. The van der Waals surface area contributed by atoms with Crippen molar-refractivity contribution in [3.8, 4) is 0 Å². The fourth-order valence-electron chi connectivity index (χ4n) is 1.76. The number of rotatable bonds is 3. The molecule has 3 rings (SSSR count). The number of hydrogen-bond acceptors (Lipinski definition) is 5. The van der Waals surface area contributed by atoms with E-state index in [1.807, 2.05) is 0 Å². The van der Waals surface area contributed by atoms with E-state index in [4.69, 9.17) is 5.73 Å². The van der Waals surface area contributed by atoms with Gasteiger partial charge in [-0.2, -0.15) is 10.2 Å². The molecule has 5 N–H and O–H groups in total. The molecule has 0 bridgehead atoms. The Hall–Kier alpha value is -2.55. The molecule has 0 fully saturated rings. The molecule has 0 saturated heterocycles. The molecule has 0 aliphatic heterocycles. The number of aromatic amines is 2. The molecule has 98 valence electrons. The van der Waals surface area contributed by atoms with Gasteiger partial charge in [0.2, 0.25) is 0 Å². The zero-order valence-electron chi connectivity index (χ0n) is 9.58. The minimum Gasteiger partial charge on any atom is -0.383 e. The Morgan fingerprint density at radius 1 is 1.16 bits per heavy atom. The topological polar surface area (TPSA) is 130 Å². The summed E-state index contributed by atoms with van der Waals surface area (Å²) in [5.41, 5.74) is 6.68. The Bertz CT molecular complexity index is 834. The SMILES string of the molecule is Nc1[nH]ncc1S(=O)(=O)Nc1cccc2[nH]ncc12. The van der Waals surface area contributed by atoms with E-state index in [2.05, 4.69) is 25.1 Å². The van der Waals surface area contributed by atoms with E-state index in [1.54, 1.807) is 24.4 Å². The lowest BCUT2D eigenvalue weighted by Crippen LogP contribution is -2.14. The van der Waals surface area contributed by atoms with Crippen molar-refractivity contribution in [3.63, 3.8) is 0 Å². The van der Waals surface area contributed by atoms with Crippen LogP contribution in [0.5, 0.6) is 0 Å². The molecule has 0 spiro atoms. The molecule has 3 aromatic rings. The molecule has 0 radical (unpaired) electrons. The van der Waals surface area contributed by atoms with Gasteiger partial charge >= 0.3 is 0 Å². The third-order valence-corrected chi connectivity index (χ3v) is 4.04. The molecule has 1 aromatic carbocycles. The number of benzene rings is 1. The van der Waals surface area contributed by atoms with E-state index < -0.39 is 10.0 Å². The summed E-state index contributed by atoms with van der Waals surface area (Å²) in [4.78, 5) is -0.0898. The summed E-state index contributed by atoms with van der Waals surface area (Å²) in [5, 5.41) is 13.3. The van der Waals surface area contributed by atoms with Crippen LogP contribution in [0.15, 0.2) is 35.5 Å².